The molecule has 41 heavy (non-hydrogen) atoms. The van der Waals surface area contributed by atoms with Gasteiger partial charge in [-0.15, -0.1) is 0 Å². The molecule has 1 saturated heterocycles. The lowest BCUT2D eigenvalue weighted by Crippen LogP contribution is -2.35. The largest absolute Gasteiger partial charge is 0.435 e. The van der Waals surface area contributed by atoms with Crippen LogP contribution >= 0.6 is 0 Å². The number of nitrogens with one attached hydrogen (secondary N) is 1. The van der Waals surface area contributed by atoms with E-state index in [9.17, 15) is 22.0 Å². The summed E-state index contributed by atoms with van der Waals surface area (Å²) in [7, 11) is -3.70. The van der Waals surface area contributed by atoms with Crippen LogP contribution in [0, 0.1) is 0 Å². The molecule has 0 bridgehead atoms. The number of sulfonamides is 1. The number of alkyl halides is 2. The van der Waals surface area contributed by atoms with Crippen LogP contribution in [0.5, 0.6) is 5.75 Å². The first-order chi connectivity index (χ1) is 19.8. The van der Waals surface area contributed by atoms with Gasteiger partial charge in [-0.05, 0) is 67.4 Å². The summed E-state index contributed by atoms with van der Waals surface area (Å²) in [6.45, 7) is -2.01. The van der Waals surface area contributed by atoms with Gasteiger partial charge in [0.05, 0.1) is 16.8 Å². The molecule has 4 aromatic rings. The van der Waals surface area contributed by atoms with E-state index in [1.54, 1.807) is 23.0 Å². The number of hydrogen-bond donors (Lipinski definition) is 1. The number of carbonyl (C=O) groups excluding carboxylic acids is 1. The van der Waals surface area contributed by atoms with Crippen molar-refractivity contribution in [3.63, 3.8) is 0 Å². The van der Waals surface area contributed by atoms with Gasteiger partial charge in [0.1, 0.15) is 11.4 Å². The molecule has 0 atom stereocenters. The van der Waals surface area contributed by atoms with Crippen LogP contribution in [0.25, 0.3) is 16.9 Å². The molecule has 1 aromatic heterocycles. The monoisotopic (exact) mass is 579 g/mol. The summed E-state index contributed by atoms with van der Waals surface area (Å²) in [6.07, 6.45) is 5.75. The molecule has 9 nitrogen and oxygen atoms in total. The van der Waals surface area contributed by atoms with Gasteiger partial charge < -0.3 is 4.74 Å². The lowest BCUT2D eigenvalue weighted by atomic mass is 10.1. The van der Waals surface area contributed by atoms with Crippen molar-refractivity contribution in [1.82, 2.24) is 19.5 Å². The third-order valence-electron chi connectivity index (χ3n) is 6.53. The lowest BCUT2D eigenvalue weighted by molar-refractivity contribution is -0.0498. The Morgan fingerprint density at radius 2 is 1.71 bits per heavy atom. The van der Waals surface area contributed by atoms with Gasteiger partial charge in [-0.1, -0.05) is 30.7 Å². The van der Waals surface area contributed by atoms with Crippen LogP contribution in [-0.2, 0) is 10.0 Å². The molecule has 0 aliphatic carbocycles. The van der Waals surface area contributed by atoms with E-state index in [2.05, 4.69) is 20.4 Å². The average Bonchev–Trinajstić information content (AvgIpc) is 3.42. The predicted molar refractivity (Wildman–Crippen MR) is 150 cm³/mol. The first-order valence-electron chi connectivity index (χ1n) is 13.0. The van der Waals surface area contributed by atoms with Gasteiger partial charge in [-0.2, -0.15) is 23.3 Å². The molecule has 1 amide bonds. The highest BCUT2D eigenvalue weighted by molar-refractivity contribution is 7.89. The zero-order valence-corrected chi connectivity index (χ0v) is 22.7. The highest BCUT2D eigenvalue weighted by atomic mass is 32.2. The van der Waals surface area contributed by atoms with Crippen LogP contribution in [-0.4, -0.2) is 54.3 Å². The summed E-state index contributed by atoms with van der Waals surface area (Å²) >= 11 is 0. The fourth-order valence-electron chi connectivity index (χ4n) is 4.49. The molecule has 3 aromatic carbocycles. The van der Waals surface area contributed by atoms with Crippen molar-refractivity contribution >= 4 is 22.1 Å². The second-order valence-electron chi connectivity index (χ2n) is 9.31. The minimum Gasteiger partial charge on any atom is -0.435 e. The van der Waals surface area contributed by atoms with Gasteiger partial charge in [-0.25, -0.2) is 18.5 Å². The SMILES string of the molecule is O=C(NN=Cc1cn(-c2ccccc2)nc1-c1ccc(OC(F)F)cc1)c1cccc(S(=O)(=O)N2CCCCC2)c1. The van der Waals surface area contributed by atoms with Gasteiger partial charge in [0.15, 0.2) is 0 Å². The molecular formula is C29H27F2N5O4S. The zero-order valence-electron chi connectivity index (χ0n) is 21.9. The summed E-state index contributed by atoms with van der Waals surface area (Å²) in [5.41, 5.74) is 5.02. The zero-order chi connectivity index (χ0) is 28.8. The van der Waals surface area contributed by atoms with Gasteiger partial charge in [0.25, 0.3) is 5.91 Å². The number of aromatic nitrogens is 2. The smallest absolute Gasteiger partial charge is 0.387 e. The average molecular weight is 580 g/mol. The fraction of sp³-hybridized carbons (Fsp3) is 0.207. The van der Waals surface area contributed by atoms with E-state index in [0.29, 0.717) is 29.9 Å². The number of hydrogen-bond acceptors (Lipinski definition) is 6. The number of ether oxygens (including phenoxy) is 1. The molecule has 5 rings (SSSR count). The molecule has 1 aliphatic heterocycles. The minimum absolute atomic E-state index is 0.0123. The third-order valence-corrected chi connectivity index (χ3v) is 8.43. The summed E-state index contributed by atoms with van der Waals surface area (Å²) in [5.74, 6) is -0.569. The predicted octanol–water partition coefficient (Wildman–Crippen LogP) is 5.08. The number of hydrazone groups is 1. The molecule has 0 unspecified atom stereocenters. The lowest BCUT2D eigenvalue weighted by Gasteiger charge is -2.25. The molecular weight excluding hydrogens is 552 g/mol. The van der Waals surface area contributed by atoms with E-state index in [1.165, 1.54) is 46.9 Å². The van der Waals surface area contributed by atoms with Crippen LogP contribution in [0.3, 0.4) is 0 Å². The van der Waals surface area contributed by atoms with E-state index in [-0.39, 0.29) is 16.2 Å². The maximum Gasteiger partial charge on any atom is 0.387 e. The van der Waals surface area contributed by atoms with Gasteiger partial charge in [0, 0.05) is 36.0 Å². The van der Waals surface area contributed by atoms with Crippen molar-refractivity contribution in [2.45, 2.75) is 30.8 Å². The van der Waals surface area contributed by atoms with Gasteiger partial charge in [0.2, 0.25) is 10.0 Å². The Morgan fingerprint density at radius 3 is 2.41 bits per heavy atom. The molecule has 0 spiro atoms. The second kappa shape index (κ2) is 12.4. The van der Waals surface area contributed by atoms with E-state index >= 15 is 0 Å². The number of carbonyl (C=O) groups is 1. The Morgan fingerprint density at radius 1 is 0.976 bits per heavy atom. The standard InChI is InChI=1S/C29H27F2N5O4S/c30-29(31)40-25-14-12-21(13-15-25)27-23(20-36(34-27)24-9-3-1-4-10-24)19-32-33-28(37)22-8-7-11-26(18-22)41(38,39)35-16-5-2-6-17-35/h1,3-4,7-15,18-20,29H,2,5-6,16-17H2,(H,33,37). The van der Waals surface area contributed by atoms with Crippen LogP contribution in [0.4, 0.5) is 8.78 Å². The molecule has 1 fully saturated rings. The Kier molecular flexibility index (Phi) is 8.50. The van der Waals surface area contributed by atoms with Crippen molar-refractivity contribution < 1.29 is 26.7 Å². The van der Waals surface area contributed by atoms with Crippen LogP contribution in [0.2, 0.25) is 0 Å². The van der Waals surface area contributed by atoms with E-state index in [0.717, 1.165) is 24.9 Å². The van der Waals surface area contributed by atoms with E-state index < -0.39 is 22.5 Å². The van der Waals surface area contributed by atoms with Crippen molar-refractivity contribution in [3.05, 3.63) is 96.2 Å². The van der Waals surface area contributed by atoms with Crippen molar-refractivity contribution in [2.75, 3.05) is 13.1 Å². The number of amides is 1. The Bertz CT molecular complexity index is 1640. The van der Waals surface area contributed by atoms with Gasteiger partial charge in [-0.3, -0.25) is 4.79 Å². The maximum atomic E-state index is 13.0. The number of nitrogens with zero attached hydrogens (tertiary/aromatic N) is 4. The Labute approximate surface area is 236 Å². The molecule has 2 heterocycles. The fourth-order valence-corrected chi connectivity index (χ4v) is 6.05. The highest BCUT2D eigenvalue weighted by Gasteiger charge is 2.26. The first-order valence-corrected chi connectivity index (χ1v) is 14.4. The minimum atomic E-state index is -3.70. The molecule has 212 valence electrons. The highest BCUT2D eigenvalue weighted by Crippen LogP contribution is 2.26. The molecule has 1 aliphatic rings. The number of benzene rings is 3. The summed E-state index contributed by atoms with van der Waals surface area (Å²) < 4.78 is 58.7. The second-order valence-corrected chi connectivity index (χ2v) is 11.2. The third kappa shape index (κ3) is 6.67. The summed E-state index contributed by atoms with van der Waals surface area (Å²) in [5, 5.41) is 8.72. The number of halogens is 2. The number of rotatable bonds is 9. The maximum absolute atomic E-state index is 13.0. The van der Waals surface area contributed by atoms with Crippen molar-refractivity contribution in [2.24, 2.45) is 5.10 Å². The van der Waals surface area contributed by atoms with Crippen LogP contribution in [0.15, 0.2) is 95.1 Å². The van der Waals surface area contributed by atoms with E-state index in [4.69, 9.17) is 0 Å². The van der Waals surface area contributed by atoms with Crippen LogP contribution < -0.4 is 10.2 Å². The first kappa shape index (κ1) is 28.1. The number of piperidine rings is 1. The normalized spacial score (nSPS) is 14.4. The van der Waals surface area contributed by atoms with Crippen molar-refractivity contribution in [3.8, 4) is 22.7 Å². The quantitative estimate of drug-likeness (QED) is 0.220. The van der Waals surface area contributed by atoms with E-state index in [1.807, 2.05) is 30.3 Å². The Hall–Kier alpha value is -4.42. The summed E-state index contributed by atoms with van der Waals surface area (Å²) in [6, 6.07) is 21.2. The molecule has 0 saturated carbocycles. The molecule has 1 N–H and O–H groups in total. The Balaban J connectivity index is 1.37. The summed E-state index contributed by atoms with van der Waals surface area (Å²) in [4.78, 5) is 12.9. The number of para-hydroxylation sites is 1. The molecule has 0 radical (unpaired) electrons. The van der Waals surface area contributed by atoms with Crippen molar-refractivity contribution in [1.29, 1.82) is 0 Å². The topological polar surface area (TPSA) is 106 Å². The van der Waals surface area contributed by atoms with Crippen LogP contribution in [0.1, 0.15) is 35.2 Å². The van der Waals surface area contributed by atoms with Gasteiger partial charge >= 0.3 is 6.61 Å². The molecule has 12 heteroatoms.